The number of aliphatic hydroxyl groups is 1. The molecule has 4 N–H and O–H groups in total. The Labute approximate surface area is 479 Å². The van der Waals surface area contributed by atoms with Crippen molar-refractivity contribution < 1.29 is 41.1 Å². The Morgan fingerprint density at radius 3 is 2.23 bits per heavy atom. The second kappa shape index (κ2) is 23.7. The van der Waals surface area contributed by atoms with Crippen LogP contribution in [0.25, 0.3) is 43.9 Å². The van der Waals surface area contributed by atoms with Crippen molar-refractivity contribution in [3.63, 3.8) is 0 Å². The predicted octanol–water partition coefficient (Wildman–Crippen LogP) is 7.55. The smallest absolute Gasteiger partial charge is 0.246 e. The van der Waals surface area contributed by atoms with Gasteiger partial charge in [-0.05, 0) is 84.5 Å². The maximum absolute atomic E-state index is 16.1. The number of aromatic amines is 2. The molecule has 23 heteroatoms. The fraction of sp³-hybridized carbons (Fsp3) is 0.424. The van der Waals surface area contributed by atoms with Gasteiger partial charge in [-0.15, -0.1) is 11.3 Å². The summed E-state index contributed by atoms with van der Waals surface area (Å²) in [6.07, 6.45) is 5.08. The van der Waals surface area contributed by atoms with Crippen LogP contribution < -0.4 is 14.6 Å². The average Bonchev–Trinajstić information content (AvgIpc) is 4.51. The largest absolute Gasteiger partial charge is 0.391 e. The molecule has 0 spiro atoms. The zero-order valence-corrected chi connectivity index (χ0v) is 47.9. The molecule has 7 aromatic rings. The maximum Gasteiger partial charge on any atom is 0.246 e. The van der Waals surface area contributed by atoms with Crippen molar-refractivity contribution in [3.05, 3.63) is 125 Å². The van der Waals surface area contributed by atoms with Gasteiger partial charge in [-0.25, -0.2) is 41.5 Å². The third-order valence-corrected chi connectivity index (χ3v) is 18.2. The quantitative estimate of drug-likeness (QED) is 0.0469. The summed E-state index contributed by atoms with van der Waals surface area (Å²) in [4.78, 5) is 71.8. The van der Waals surface area contributed by atoms with Gasteiger partial charge in [-0.3, -0.25) is 19.3 Å². The highest BCUT2D eigenvalue weighted by molar-refractivity contribution is 7.73. The first-order valence-electron chi connectivity index (χ1n) is 27.8. The van der Waals surface area contributed by atoms with E-state index in [1.807, 2.05) is 69.6 Å². The van der Waals surface area contributed by atoms with Crippen molar-refractivity contribution in [1.29, 1.82) is 0 Å². The summed E-state index contributed by atoms with van der Waals surface area (Å²) in [5.41, 5.74) is 6.37. The number of thiazole rings is 1. The number of likely N-dealkylation sites (tertiary alicyclic amines) is 1. The number of carbonyl (C=O) groups excluding carboxylic acids is 3. The number of piperazine rings is 1. The number of halogens is 3. The minimum atomic E-state index is -3.49. The molecular weight excluding hydrogens is 1090 g/mol. The number of aromatic nitrogens is 5. The SMILES string of the molecule is Cc1ncsc1-c1ccc(-c2cnc([C@@H]3C[C@@H](O)CN3C(=O)[C@@H](NC(=O)CN3CCN(CC4CCN(c5ccc(-c6cnc7[nH]cc(C(=O)c8c(F)ccc(N(N9CC[C@@H](F)C9)[SH](=O)=O)c8F)c7c6)cc5)CC4)CC3)C(C)(C)C)[nH]2)cc1. The Morgan fingerprint density at radius 2 is 1.56 bits per heavy atom. The number of rotatable bonds is 16. The van der Waals surface area contributed by atoms with Gasteiger partial charge in [0.2, 0.25) is 28.5 Å². The Balaban J connectivity index is 0.652. The van der Waals surface area contributed by atoms with Gasteiger partial charge >= 0.3 is 0 Å². The Morgan fingerprint density at radius 1 is 0.854 bits per heavy atom. The van der Waals surface area contributed by atoms with Gasteiger partial charge < -0.3 is 35.1 Å². The van der Waals surface area contributed by atoms with Crippen LogP contribution >= 0.6 is 11.3 Å². The number of aliphatic hydroxyl groups excluding tert-OH is 1. The van der Waals surface area contributed by atoms with Crippen LogP contribution in [0, 0.1) is 29.9 Å². The molecule has 4 aliphatic rings. The molecule has 4 fully saturated rings. The van der Waals surface area contributed by atoms with Crippen LogP contribution in [0.15, 0.2) is 90.8 Å². The lowest BCUT2D eigenvalue weighted by Crippen LogP contribution is -2.57. The number of imidazole rings is 1. The predicted molar refractivity (Wildman–Crippen MR) is 309 cm³/mol. The molecule has 4 aromatic heterocycles. The summed E-state index contributed by atoms with van der Waals surface area (Å²) < 4.78 is 70.6. The average molecular weight is 1160 g/mol. The molecule has 4 atom stereocenters. The summed E-state index contributed by atoms with van der Waals surface area (Å²) in [5, 5.41) is 15.4. The zero-order chi connectivity index (χ0) is 57.6. The van der Waals surface area contributed by atoms with Crippen molar-refractivity contribution >= 4 is 62.2 Å². The van der Waals surface area contributed by atoms with E-state index in [9.17, 15) is 32.3 Å². The van der Waals surface area contributed by atoms with Crippen LogP contribution in [0.5, 0.6) is 0 Å². The Hall–Kier alpha value is -7.02. The lowest BCUT2D eigenvalue weighted by molar-refractivity contribution is -0.141. The number of β-amino-alcohol motifs (C(OH)–C–C–N with tert-alkyl or cyclic N) is 1. The minimum absolute atomic E-state index is 0.000964. The van der Waals surface area contributed by atoms with E-state index in [1.54, 1.807) is 34.7 Å². The first-order chi connectivity index (χ1) is 39.4. The lowest BCUT2D eigenvalue weighted by Gasteiger charge is -2.39. The molecule has 82 heavy (non-hydrogen) atoms. The van der Waals surface area contributed by atoms with E-state index in [-0.39, 0.29) is 50.0 Å². The number of nitrogens with one attached hydrogen (secondary N) is 3. The van der Waals surface area contributed by atoms with Gasteiger partial charge in [-0.1, -0.05) is 57.2 Å². The highest BCUT2D eigenvalue weighted by atomic mass is 32.2. The number of hydrazine groups is 1. The summed E-state index contributed by atoms with van der Waals surface area (Å²) in [6, 6.07) is 18.4. The molecule has 18 nitrogen and oxygen atoms in total. The number of aryl methyl sites for hydroxylation is 1. The zero-order valence-electron chi connectivity index (χ0n) is 46.2. The Bertz CT molecular complexity index is 3540. The van der Waals surface area contributed by atoms with Crippen molar-refractivity contribution in [3.8, 4) is 32.8 Å². The van der Waals surface area contributed by atoms with E-state index in [0.717, 1.165) is 114 Å². The van der Waals surface area contributed by atoms with Crippen LogP contribution in [0.4, 0.5) is 24.5 Å². The monoisotopic (exact) mass is 1160 g/mol. The molecule has 11 rings (SSSR count). The van der Waals surface area contributed by atoms with Gasteiger partial charge in [-0.2, -0.15) is 4.41 Å². The number of carbonyl (C=O) groups is 3. The number of thiol groups is 1. The van der Waals surface area contributed by atoms with Gasteiger partial charge in [0.15, 0.2) is 5.82 Å². The van der Waals surface area contributed by atoms with Gasteiger partial charge in [0.05, 0.1) is 58.8 Å². The van der Waals surface area contributed by atoms with Crippen LogP contribution in [0.1, 0.15) is 79.9 Å². The van der Waals surface area contributed by atoms with E-state index in [0.29, 0.717) is 39.2 Å². The van der Waals surface area contributed by atoms with Crippen LogP contribution in [0.2, 0.25) is 0 Å². The number of hydrogen-bond acceptors (Lipinski definition) is 14. The lowest BCUT2D eigenvalue weighted by atomic mass is 9.85. The highest BCUT2D eigenvalue weighted by Crippen LogP contribution is 2.37. The standard InChI is InChI=1S/C59H67F3N12O6S2/c1-35-54(81-34-66-35)39-7-5-38(6-8-39)47-29-65-57(67-47)49-26-43(75)32-73(49)58(78)55(59(2,3)4)68-50(76)33-70-23-21-69(22-24-70)30-36-15-18-71(19-16-36)42-11-9-37(10-12-42)40-25-44-45(28-64-56(44)63-27-40)53(77)51-46(61)13-14-48(52(51)62)74(82(79)80)72-20-17-41(60)31-72/h5-14,25,27-29,34,36,41,43,49,55,75,82H,15-24,26,30-33H2,1-4H3,(H,63,64)(H,65,67)(H,68,76)/t41-,43-,49+,55-/m1/s1. The fourth-order valence-corrected chi connectivity index (χ4v) is 13.4. The second-order valence-corrected chi connectivity index (χ2v) is 24.8. The molecule has 4 aliphatic heterocycles. The van der Waals surface area contributed by atoms with E-state index in [1.165, 1.54) is 6.20 Å². The number of alkyl halides is 1. The Kier molecular flexibility index (Phi) is 16.4. The number of hydrogen-bond donors (Lipinski definition) is 5. The molecule has 8 heterocycles. The number of nitrogens with zero attached hydrogens (tertiary/aromatic N) is 9. The molecule has 4 saturated heterocycles. The number of pyridine rings is 1. The van der Waals surface area contributed by atoms with Crippen molar-refractivity contribution in [2.45, 2.75) is 77.7 Å². The third-order valence-electron chi connectivity index (χ3n) is 16.4. The van der Waals surface area contributed by atoms with Gasteiger partial charge in [0.25, 0.3) is 0 Å². The van der Waals surface area contributed by atoms with Crippen molar-refractivity contribution in [2.75, 3.05) is 81.3 Å². The van der Waals surface area contributed by atoms with Crippen molar-refractivity contribution in [1.82, 2.24) is 49.9 Å². The molecule has 0 bridgehead atoms. The summed E-state index contributed by atoms with van der Waals surface area (Å²) in [5.74, 6) is -2.91. The molecule has 432 valence electrons. The molecule has 2 amide bonds. The highest BCUT2D eigenvalue weighted by Gasteiger charge is 2.44. The molecule has 0 saturated carbocycles. The summed E-state index contributed by atoms with van der Waals surface area (Å²) in [6.45, 7) is 13.7. The molecule has 0 aliphatic carbocycles. The van der Waals surface area contributed by atoms with E-state index in [2.05, 4.69) is 57.1 Å². The molecule has 0 radical (unpaired) electrons. The van der Waals surface area contributed by atoms with E-state index >= 15 is 8.78 Å². The number of ketones is 1. The first-order valence-corrected chi connectivity index (χ1v) is 29.8. The van der Waals surface area contributed by atoms with E-state index < -0.39 is 69.3 Å². The number of fused-ring (bicyclic) bond motifs is 1. The number of H-pyrrole nitrogens is 2. The molecule has 0 unspecified atom stereocenters. The first kappa shape index (κ1) is 56.8. The topological polar surface area (TPSA) is 207 Å². The fourth-order valence-electron chi connectivity index (χ4n) is 11.9. The van der Waals surface area contributed by atoms with Crippen LogP contribution in [-0.2, 0) is 20.5 Å². The number of benzene rings is 3. The third kappa shape index (κ3) is 11.9. The van der Waals surface area contributed by atoms with Crippen molar-refractivity contribution in [2.24, 2.45) is 11.3 Å². The number of amides is 2. The number of piperidine rings is 1. The van der Waals surface area contributed by atoms with E-state index in [4.69, 9.17) is 0 Å². The minimum Gasteiger partial charge on any atom is -0.391 e. The van der Waals surface area contributed by atoms with Gasteiger partial charge in [0.1, 0.15) is 35.2 Å². The molecular formula is C59H67F3N12O6S2. The second-order valence-electron chi connectivity index (χ2n) is 23.1. The summed E-state index contributed by atoms with van der Waals surface area (Å²) >= 11 is 1.60. The molecule has 3 aromatic carbocycles. The van der Waals surface area contributed by atoms with Gasteiger partial charge in [0, 0.05) is 99.9 Å². The summed E-state index contributed by atoms with van der Waals surface area (Å²) in [7, 11) is -3.49. The maximum atomic E-state index is 16.1. The normalized spacial score (nSPS) is 20.1. The van der Waals surface area contributed by atoms with Crippen LogP contribution in [0.3, 0.4) is 0 Å². The number of anilines is 2. The van der Waals surface area contributed by atoms with Crippen LogP contribution in [-0.4, -0.2) is 166 Å².